The SMILES string of the molecule is COc1cccc2c1N(C1CCN(S(=O)(=O)C3=C(C)C=CN4SNC=C34)CC1)C(=O)OC2. The van der Waals surface area contributed by atoms with Crippen LogP contribution in [0.2, 0.25) is 0 Å². The number of carbonyl (C=O) groups is 1. The summed E-state index contributed by atoms with van der Waals surface area (Å²) in [4.78, 5) is 14.7. The zero-order valence-electron chi connectivity index (χ0n) is 17.8. The maximum atomic E-state index is 13.5. The van der Waals surface area contributed by atoms with Gasteiger partial charge in [-0.2, -0.15) is 4.31 Å². The van der Waals surface area contributed by atoms with E-state index in [-0.39, 0.29) is 12.6 Å². The fourth-order valence-electron chi connectivity index (χ4n) is 4.55. The molecule has 9 nitrogen and oxygen atoms in total. The highest BCUT2D eigenvalue weighted by Gasteiger charge is 2.41. The van der Waals surface area contributed by atoms with Gasteiger partial charge in [0.1, 0.15) is 17.3 Å². The van der Waals surface area contributed by atoms with Crippen LogP contribution >= 0.6 is 12.1 Å². The zero-order valence-corrected chi connectivity index (χ0v) is 19.4. The van der Waals surface area contributed by atoms with E-state index in [9.17, 15) is 13.2 Å². The van der Waals surface area contributed by atoms with Gasteiger partial charge in [0.25, 0.3) is 0 Å². The fourth-order valence-corrected chi connectivity index (χ4v) is 7.09. The third-order valence-corrected chi connectivity index (χ3v) is 8.94. The van der Waals surface area contributed by atoms with Crippen molar-refractivity contribution in [2.45, 2.75) is 32.4 Å². The second-order valence-corrected chi connectivity index (χ2v) is 10.6. The Balaban J connectivity index is 1.39. The monoisotopic (exact) mass is 476 g/mol. The molecule has 1 aromatic carbocycles. The number of para-hydroxylation sites is 1. The molecule has 4 aliphatic rings. The van der Waals surface area contributed by atoms with Crippen molar-refractivity contribution in [2.24, 2.45) is 0 Å². The van der Waals surface area contributed by atoms with Crippen LogP contribution in [0.4, 0.5) is 10.5 Å². The summed E-state index contributed by atoms with van der Waals surface area (Å²) in [7, 11) is -2.12. The van der Waals surface area contributed by atoms with Gasteiger partial charge in [0.05, 0.1) is 30.6 Å². The van der Waals surface area contributed by atoms with Crippen molar-refractivity contribution >= 4 is 33.9 Å². The van der Waals surface area contributed by atoms with E-state index in [1.165, 1.54) is 16.4 Å². The number of fused-ring (bicyclic) bond motifs is 2. The quantitative estimate of drug-likeness (QED) is 0.663. The maximum absolute atomic E-state index is 13.5. The standard InChI is InChI=1S/C21H24N4O5S2/c1-14-6-11-24-17(12-22-31-24)20(14)32(27,28)23-9-7-16(8-10-23)25-19-15(13-30-21(25)26)4-3-5-18(19)29-2/h3-6,11-12,16,22H,7-10,13H2,1-2H3. The predicted octanol–water partition coefficient (Wildman–Crippen LogP) is 3.06. The van der Waals surface area contributed by atoms with Gasteiger partial charge in [-0.3, -0.25) is 9.21 Å². The van der Waals surface area contributed by atoms with Crippen LogP contribution in [-0.4, -0.2) is 49.4 Å². The van der Waals surface area contributed by atoms with Crippen LogP contribution in [0.25, 0.3) is 0 Å². The topological polar surface area (TPSA) is 91.4 Å². The minimum Gasteiger partial charge on any atom is -0.495 e. The molecule has 11 heteroatoms. The summed E-state index contributed by atoms with van der Waals surface area (Å²) in [6.07, 6.45) is 5.96. The number of anilines is 1. The van der Waals surface area contributed by atoms with Gasteiger partial charge in [-0.05, 0) is 37.5 Å². The third kappa shape index (κ3) is 3.35. The summed E-state index contributed by atoms with van der Waals surface area (Å²) in [5.74, 6) is 0.613. The number of rotatable bonds is 4. The summed E-state index contributed by atoms with van der Waals surface area (Å²) in [6.45, 7) is 2.64. The van der Waals surface area contributed by atoms with Gasteiger partial charge in [0, 0.05) is 37.1 Å². The molecule has 170 valence electrons. The van der Waals surface area contributed by atoms with Crippen molar-refractivity contribution in [2.75, 3.05) is 25.1 Å². The molecule has 0 radical (unpaired) electrons. The molecule has 1 saturated heterocycles. The van der Waals surface area contributed by atoms with Crippen molar-refractivity contribution in [3.63, 3.8) is 0 Å². The number of ether oxygens (including phenoxy) is 2. The second kappa shape index (κ2) is 8.05. The van der Waals surface area contributed by atoms with E-state index >= 15 is 0 Å². The van der Waals surface area contributed by atoms with Crippen molar-refractivity contribution in [1.82, 2.24) is 13.3 Å². The number of piperidine rings is 1. The molecular formula is C21H24N4O5S2. The number of sulfonamides is 1. The molecule has 0 aromatic heterocycles. The Kier molecular flexibility index (Phi) is 5.34. The van der Waals surface area contributed by atoms with E-state index < -0.39 is 16.1 Å². The van der Waals surface area contributed by atoms with Gasteiger partial charge < -0.3 is 14.2 Å². The van der Waals surface area contributed by atoms with E-state index in [2.05, 4.69) is 4.72 Å². The molecule has 0 spiro atoms. The molecular weight excluding hydrogens is 452 g/mol. The maximum Gasteiger partial charge on any atom is 0.415 e. The number of hydrogen-bond acceptors (Lipinski definition) is 8. The van der Waals surface area contributed by atoms with E-state index in [1.54, 1.807) is 22.5 Å². The van der Waals surface area contributed by atoms with Crippen molar-refractivity contribution in [1.29, 1.82) is 0 Å². The number of cyclic esters (lactones) is 1. The van der Waals surface area contributed by atoms with Gasteiger partial charge in [-0.25, -0.2) is 13.2 Å². The lowest BCUT2D eigenvalue weighted by atomic mass is 10.0. The van der Waals surface area contributed by atoms with E-state index in [1.807, 2.05) is 37.4 Å². The molecule has 0 saturated carbocycles. The Hall–Kier alpha value is -2.63. The molecule has 32 heavy (non-hydrogen) atoms. The van der Waals surface area contributed by atoms with Crippen LogP contribution in [-0.2, 0) is 21.4 Å². The number of allylic oxidation sites excluding steroid dienone is 2. The largest absolute Gasteiger partial charge is 0.495 e. The molecule has 0 aliphatic carbocycles. The summed E-state index contributed by atoms with van der Waals surface area (Å²) in [5.41, 5.74) is 2.94. The number of amides is 1. The van der Waals surface area contributed by atoms with Gasteiger partial charge in [0.2, 0.25) is 10.0 Å². The Bertz CT molecular complexity index is 1140. The second-order valence-electron chi connectivity index (χ2n) is 7.92. The first-order valence-electron chi connectivity index (χ1n) is 10.3. The number of nitrogens with one attached hydrogen (secondary N) is 1. The van der Waals surface area contributed by atoms with Crippen LogP contribution in [0.15, 0.2) is 52.9 Å². The molecule has 1 amide bonds. The van der Waals surface area contributed by atoms with Gasteiger partial charge in [0.15, 0.2) is 0 Å². The number of hydrogen-bond donors (Lipinski definition) is 1. The lowest BCUT2D eigenvalue weighted by Gasteiger charge is -2.40. The zero-order chi connectivity index (χ0) is 22.5. The number of carbonyl (C=O) groups excluding carboxylic acids is 1. The van der Waals surface area contributed by atoms with Gasteiger partial charge in [-0.15, -0.1) is 0 Å². The highest BCUT2D eigenvalue weighted by Crippen LogP contribution is 2.41. The molecule has 0 unspecified atom stereocenters. The molecule has 0 bridgehead atoms. The average molecular weight is 477 g/mol. The molecule has 5 rings (SSSR count). The van der Waals surface area contributed by atoms with Crippen LogP contribution in [0.1, 0.15) is 25.3 Å². The lowest BCUT2D eigenvalue weighted by molar-refractivity contribution is 0.135. The Labute approximate surface area is 191 Å². The summed E-state index contributed by atoms with van der Waals surface area (Å²) < 4.78 is 44.3. The number of benzene rings is 1. The minimum atomic E-state index is -3.69. The minimum absolute atomic E-state index is 0.176. The Morgan fingerprint density at radius 3 is 2.78 bits per heavy atom. The molecule has 4 heterocycles. The summed E-state index contributed by atoms with van der Waals surface area (Å²) >= 11 is 1.33. The highest BCUT2D eigenvalue weighted by atomic mass is 32.2. The highest BCUT2D eigenvalue weighted by molar-refractivity contribution is 7.96. The van der Waals surface area contributed by atoms with E-state index in [0.717, 1.165) is 11.3 Å². The normalized spacial score (nSPS) is 21.7. The summed E-state index contributed by atoms with van der Waals surface area (Å²) in [5, 5.41) is 0. The fraction of sp³-hybridized carbons (Fsp3) is 0.381. The average Bonchev–Trinajstić information content (AvgIpc) is 3.27. The molecule has 4 aliphatic heterocycles. The first-order valence-corrected chi connectivity index (χ1v) is 12.6. The van der Waals surface area contributed by atoms with Crippen LogP contribution in [0, 0.1) is 0 Å². The number of methoxy groups -OCH3 is 1. The molecule has 1 fully saturated rings. The van der Waals surface area contributed by atoms with Gasteiger partial charge in [-0.1, -0.05) is 12.1 Å². The van der Waals surface area contributed by atoms with Crippen LogP contribution in [0.5, 0.6) is 5.75 Å². The van der Waals surface area contributed by atoms with Crippen molar-refractivity contribution < 1.29 is 22.7 Å². The summed E-state index contributed by atoms with van der Waals surface area (Å²) in [6, 6.07) is 5.43. The molecule has 1 aromatic rings. The Morgan fingerprint density at radius 1 is 1.25 bits per heavy atom. The van der Waals surface area contributed by atoms with Gasteiger partial charge >= 0.3 is 6.09 Å². The van der Waals surface area contributed by atoms with E-state index in [0.29, 0.717) is 47.9 Å². The van der Waals surface area contributed by atoms with E-state index in [4.69, 9.17) is 9.47 Å². The Morgan fingerprint density at radius 2 is 2.03 bits per heavy atom. The first kappa shape index (κ1) is 21.2. The van der Waals surface area contributed by atoms with Crippen LogP contribution < -0.4 is 14.4 Å². The first-order chi connectivity index (χ1) is 15.4. The van der Waals surface area contributed by atoms with Crippen molar-refractivity contribution in [3.05, 3.63) is 58.4 Å². The molecule has 0 atom stereocenters. The van der Waals surface area contributed by atoms with Crippen LogP contribution in [0.3, 0.4) is 0 Å². The smallest absolute Gasteiger partial charge is 0.415 e. The number of nitrogens with zero attached hydrogens (tertiary/aromatic N) is 3. The lowest BCUT2D eigenvalue weighted by Crippen LogP contribution is -2.51. The van der Waals surface area contributed by atoms with Crippen molar-refractivity contribution in [3.8, 4) is 5.75 Å². The predicted molar refractivity (Wildman–Crippen MR) is 122 cm³/mol. The molecule has 1 N–H and O–H groups in total. The third-order valence-electron chi connectivity index (χ3n) is 6.11.